The second-order valence-electron chi connectivity index (χ2n) is 6.90. The molecule has 0 rings (SSSR count). The molecule has 0 aromatic heterocycles. The zero-order valence-electron chi connectivity index (χ0n) is 14.0. The van der Waals surface area contributed by atoms with Gasteiger partial charge in [0.25, 0.3) is 0 Å². The van der Waals surface area contributed by atoms with Gasteiger partial charge in [0.2, 0.25) is 5.91 Å². The van der Waals surface area contributed by atoms with Gasteiger partial charge < -0.3 is 20.6 Å². The SMILES string of the molecule is CC(C)(CCOC(C)(C)CCCN)CNC(=O)CCC=O. The van der Waals surface area contributed by atoms with Crippen molar-refractivity contribution in [2.75, 3.05) is 19.7 Å². The van der Waals surface area contributed by atoms with Crippen LogP contribution in [0, 0.1) is 5.41 Å². The second kappa shape index (κ2) is 9.90. The fourth-order valence-corrected chi connectivity index (χ4v) is 1.91. The Bertz CT molecular complexity index is 315. The number of ether oxygens (including phenoxy) is 1. The Morgan fingerprint density at radius 2 is 1.90 bits per heavy atom. The predicted molar refractivity (Wildman–Crippen MR) is 85.0 cm³/mol. The molecular formula is C16H32N2O3. The normalized spacial score (nSPS) is 12.2. The number of aldehydes is 1. The van der Waals surface area contributed by atoms with Gasteiger partial charge in [0.05, 0.1) is 5.60 Å². The number of rotatable bonds is 12. The van der Waals surface area contributed by atoms with Gasteiger partial charge in [0, 0.05) is 26.0 Å². The van der Waals surface area contributed by atoms with E-state index in [0.717, 1.165) is 25.5 Å². The van der Waals surface area contributed by atoms with E-state index in [2.05, 4.69) is 33.0 Å². The summed E-state index contributed by atoms with van der Waals surface area (Å²) in [4.78, 5) is 21.7. The highest BCUT2D eigenvalue weighted by atomic mass is 16.5. The predicted octanol–water partition coefficient (Wildman–Crippen LogP) is 2.03. The van der Waals surface area contributed by atoms with Crippen molar-refractivity contribution in [1.29, 1.82) is 0 Å². The van der Waals surface area contributed by atoms with Gasteiger partial charge in [-0.25, -0.2) is 0 Å². The van der Waals surface area contributed by atoms with E-state index < -0.39 is 0 Å². The zero-order chi connectivity index (χ0) is 16.4. The van der Waals surface area contributed by atoms with Gasteiger partial charge in [0.1, 0.15) is 6.29 Å². The molecule has 3 N–H and O–H groups in total. The van der Waals surface area contributed by atoms with Gasteiger partial charge in [-0.15, -0.1) is 0 Å². The Morgan fingerprint density at radius 1 is 1.24 bits per heavy atom. The fourth-order valence-electron chi connectivity index (χ4n) is 1.91. The molecule has 0 aliphatic heterocycles. The molecule has 0 aliphatic rings. The third-order valence-electron chi connectivity index (χ3n) is 3.51. The average molecular weight is 300 g/mol. The van der Waals surface area contributed by atoms with E-state index in [9.17, 15) is 9.59 Å². The molecule has 0 radical (unpaired) electrons. The summed E-state index contributed by atoms with van der Waals surface area (Å²) in [7, 11) is 0. The van der Waals surface area contributed by atoms with Crippen molar-refractivity contribution in [3.63, 3.8) is 0 Å². The van der Waals surface area contributed by atoms with Crippen molar-refractivity contribution in [1.82, 2.24) is 5.32 Å². The molecule has 0 aromatic rings. The van der Waals surface area contributed by atoms with Crippen LogP contribution >= 0.6 is 0 Å². The zero-order valence-corrected chi connectivity index (χ0v) is 14.0. The first kappa shape index (κ1) is 20.1. The van der Waals surface area contributed by atoms with E-state index in [1.807, 2.05) is 0 Å². The fraction of sp³-hybridized carbons (Fsp3) is 0.875. The average Bonchev–Trinajstić information content (AvgIpc) is 2.40. The third kappa shape index (κ3) is 11.4. The Morgan fingerprint density at radius 3 is 2.48 bits per heavy atom. The first-order valence-corrected chi connectivity index (χ1v) is 7.77. The van der Waals surface area contributed by atoms with Gasteiger partial charge in [-0.1, -0.05) is 13.8 Å². The molecule has 0 unspecified atom stereocenters. The maximum absolute atomic E-state index is 11.5. The first-order chi connectivity index (χ1) is 9.72. The molecule has 21 heavy (non-hydrogen) atoms. The molecule has 0 aromatic carbocycles. The second-order valence-corrected chi connectivity index (χ2v) is 6.90. The van der Waals surface area contributed by atoms with Crippen molar-refractivity contribution in [2.24, 2.45) is 11.1 Å². The quantitative estimate of drug-likeness (QED) is 0.540. The lowest BCUT2D eigenvalue weighted by atomic mass is 9.89. The van der Waals surface area contributed by atoms with Crippen molar-refractivity contribution in [3.05, 3.63) is 0 Å². The molecule has 1 amide bonds. The lowest BCUT2D eigenvalue weighted by molar-refractivity contribution is -0.123. The molecule has 5 heteroatoms. The number of carbonyl (C=O) groups excluding carboxylic acids is 2. The van der Waals surface area contributed by atoms with Crippen molar-refractivity contribution < 1.29 is 14.3 Å². The third-order valence-corrected chi connectivity index (χ3v) is 3.51. The minimum absolute atomic E-state index is 0.0270. The molecule has 0 fully saturated rings. The highest BCUT2D eigenvalue weighted by Gasteiger charge is 2.22. The van der Waals surface area contributed by atoms with E-state index in [4.69, 9.17) is 10.5 Å². The van der Waals surface area contributed by atoms with Crippen molar-refractivity contribution in [3.8, 4) is 0 Å². The molecule has 0 aliphatic carbocycles. The van der Waals surface area contributed by atoms with Crippen LogP contribution in [-0.2, 0) is 14.3 Å². The summed E-state index contributed by atoms with van der Waals surface area (Å²) in [6.07, 6.45) is 4.09. The molecule has 5 nitrogen and oxygen atoms in total. The van der Waals surface area contributed by atoms with Crippen LogP contribution in [0.5, 0.6) is 0 Å². The van der Waals surface area contributed by atoms with Crippen LogP contribution in [0.15, 0.2) is 0 Å². The van der Waals surface area contributed by atoms with Gasteiger partial charge in [-0.3, -0.25) is 4.79 Å². The lowest BCUT2D eigenvalue weighted by Crippen LogP contribution is -2.35. The van der Waals surface area contributed by atoms with E-state index in [1.165, 1.54) is 0 Å². The van der Waals surface area contributed by atoms with Gasteiger partial charge in [-0.2, -0.15) is 0 Å². The number of amides is 1. The minimum atomic E-state index is -0.150. The van der Waals surface area contributed by atoms with E-state index >= 15 is 0 Å². The highest BCUT2D eigenvalue weighted by Crippen LogP contribution is 2.22. The van der Waals surface area contributed by atoms with E-state index in [-0.39, 0.29) is 29.8 Å². The Labute approximate surface area is 129 Å². The minimum Gasteiger partial charge on any atom is -0.376 e. The summed E-state index contributed by atoms with van der Waals surface area (Å²) in [5.74, 6) is -0.0700. The van der Waals surface area contributed by atoms with Crippen LogP contribution in [0.3, 0.4) is 0 Å². The largest absolute Gasteiger partial charge is 0.376 e. The monoisotopic (exact) mass is 300 g/mol. The van der Waals surface area contributed by atoms with Crippen LogP contribution in [0.4, 0.5) is 0 Å². The van der Waals surface area contributed by atoms with Crippen molar-refractivity contribution in [2.45, 2.75) is 65.4 Å². The number of nitrogens with two attached hydrogens (primary N) is 1. The van der Waals surface area contributed by atoms with Gasteiger partial charge in [0.15, 0.2) is 0 Å². The summed E-state index contributed by atoms with van der Waals surface area (Å²) in [6, 6.07) is 0. The summed E-state index contributed by atoms with van der Waals surface area (Å²) in [6.45, 7) is 10.3. The van der Waals surface area contributed by atoms with Crippen LogP contribution in [-0.4, -0.2) is 37.5 Å². The number of nitrogens with one attached hydrogen (secondary N) is 1. The topological polar surface area (TPSA) is 81.4 Å². The van der Waals surface area contributed by atoms with Crippen LogP contribution in [0.2, 0.25) is 0 Å². The van der Waals surface area contributed by atoms with E-state index in [0.29, 0.717) is 19.7 Å². The Balaban J connectivity index is 3.96. The molecule has 0 saturated heterocycles. The number of hydrogen-bond donors (Lipinski definition) is 2. The van der Waals surface area contributed by atoms with E-state index in [1.54, 1.807) is 0 Å². The number of carbonyl (C=O) groups is 2. The lowest BCUT2D eigenvalue weighted by Gasteiger charge is -2.29. The van der Waals surface area contributed by atoms with Gasteiger partial charge in [-0.05, 0) is 45.1 Å². The first-order valence-electron chi connectivity index (χ1n) is 7.77. The van der Waals surface area contributed by atoms with Crippen LogP contribution < -0.4 is 11.1 Å². The summed E-state index contributed by atoms with van der Waals surface area (Å²) < 4.78 is 5.92. The molecule has 0 spiro atoms. The molecule has 0 atom stereocenters. The summed E-state index contributed by atoms with van der Waals surface area (Å²) in [5, 5.41) is 2.87. The Kier molecular flexibility index (Phi) is 9.46. The summed E-state index contributed by atoms with van der Waals surface area (Å²) in [5.41, 5.74) is 5.34. The Hall–Kier alpha value is -0.940. The number of hydrogen-bond acceptors (Lipinski definition) is 4. The molecule has 0 saturated carbocycles. The maximum atomic E-state index is 11.5. The standard InChI is InChI=1S/C16H32N2O3/c1-15(2,13-18-14(20)7-5-11-19)9-12-21-16(3,4)8-6-10-17/h11H,5-10,12-13,17H2,1-4H3,(H,18,20). The molecule has 124 valence electrons. The highest BCUT2D eigenvalue weighted by molar-refractivity contribution is 5.78. The smallest absolute Gasteiger partial charge is 0.220 e. The van der Waals surface area contributed by atoms with Crippen LogP contribution in [0.1, 0.15) is 59.8 Å². The van der Waals surface area contributed by atoms with Gasteiger partial charge >= 0.3 is 0 Å². The molecule has 0 heterocycles. The summed E-state index contributed by atoms with van der Waals surface area (Å²) >= 11 is 0. The van der Waals surface area contributed by atoms with Crippen LogP contribution in [0.25, 0.3) is 0 Å². The van der Waals surface area contributed by atoms with Crippen molar-refractivity contribution >= 4 is 12.2 Å². The maximum Gasteiger partial charge on any atom is 0.220 e. The molecular weight excluding hydrogens is 268 g/mol. The molecule has 0 bridgehead atoms.